The van der Waals surface area contributed by atoms with E-state index in [0.717, 1.165) is 9.58 Å². The molecule has 0 unspecified atom stereocenters. The zero-order chi connectivity index (χ0) is 18.7. The first-order valence-electron chi connectivity index (χ1n) is 7.58. The summed E-state index contributed by atoms with van der Waals surface area (Å²) in [5.41, 5.74) is 1.03. The van der Waals surface area contributed by atoms with Gasteiger partial charge in [-0.25, -0.2) is 4.79 Å². The fourth-order valence-corrected chi connectivity index (χ4v) is 2.87. The molecule has 0 bridgehead atoms. The first-order chi connectivity index (χ1) is 12.5. The van der Waals surface area contributed by atoms with Gasteiger partial charge in [0.05, 0.1) is 12.0 Å². The molecule has 9 heteroatoms. The summed E-state index contributed by atoms with van der Waals surface area (Å²) in [6.45, 7) is 1.15. The van der Waals surface area contributed by atoms with Crippen molar-refractivity contribution in [2.75, 3.05) is 11.6 Å². The van der Waals surface area contributed by atoms with Crippen LogP contribution >= 0.6 is 11.8 Å². The lowest BCUT2D eigenvalue weighted by molar-refractivity contribution is -0.114. The molecule has 26 heavy (non-hydrogen) atoms. The number of carbonyl (C=O) groups is 2. The molecule has 2 heterocycles. The topological polar surface area (TPSA) is 107 Å². The summed E-state index contributed by atoms with van der Waals surface area (Å²) in [6.07, 6.45) is 3.27. The number of carbonyl (C=O) groups excluding carboxylic acids is 2. The summed E-state index contributed by atoms with van der Waals surface area (Å²) < 4.78 is 11.1. The minimum absolute atomic E-state index is 0.0126. The van der Waals surface area contributed by atoms with E-state index in [-0.39, 0.29) is 24.1 Å². The third-order valence-electron chi connectivity index (χ3n) is 3.47. The van der Waals surface area contributed by atoms with Gasteiger partial charge in [-0.05, 0) is 36.6 Å². The van der Waals surface area contributed by atoms with E-state index < -0.39 is 5.76 Å². The molecule has 8 nitrogen and oxygen atoms in total. The second-order valence-electron chi connectivity index (χ2n) is 5.33. The molecule has 134 valence electrons. The van der Waals surface area contributed by atoms with Gasteiger partial charge in [0.15, 0.2) is 11.5 Å². The second-order valence-corrected chi connectivity index (χ2v) is 6.18. The molecule has 0 saturated carbocycles. The molecule has 0 spiro atoms. The molecule has 1 amide bonds. The van der Waals surface area contributed by atoms with Crippen LogP contribution in [-0.2, 0) is 11.3 Å². The number of hydrogen-bond donors (Lipinski definition) is 1. The van der Waals surface area contributed by atoms with Gasteiger partial charge in [0.1, 0.15) is 6.54 Å². The van der Waals surface area contributed by atoms with Crippen LogP contribution in [0.1, 0.15) is 17.3 Å². The predicted molar refractivity (Wildman–Crippen MR) is 95.3 cm³/mol. The normalized spacial score (nSPS) is 10.7. The smallest absolute Gasteiger partial charge is 0.437 e. The predicted octanol–water partition coefficient (Wildman–Crippen LogP) is 2.66. The van der Waals surface area contributed by atoms with Gasteiger partial charge in [0, 0.05) is 17.4 Å². The number of aromatic nitrogens is 2. The van der Waals surface area contributed by atoms with Crippen molar-refractivity contribution in [2.24, 2.45) is 0 Å². The third kappa shape index (κ3) is 3.77. The van der Waals surface area contributed by atoms with Crippen molar-refractivity contribution >= 4 is 29.1 Å². The van der Waals surface area contributed by atoms with E-state index in [9.17, 15) is 14.4 Å². The van der Waals surface area contributed by atoms with E-state index in [1.54, 1.807) is 30.3 Å². The van der Waals surface area contributed by atoms with Crippen LogP contribution in [0.4, 0.5) is 5.69 Å². The monoisotopic (exact) mass is 373 g/mol. The lowest BCUT2D eigenvalue weighted by Crippen LogP contribution is -2.21. The van der Waals surface area contributed by atoms with Crippen molar-refractivity contribution in [3.8, 4) is 11.7 Å². The van der Waals surface area contributed by atoms with Crippen molar-refractivity contribution < 1.29 is 18.4 Å². The number of benzene rings is 1. The van der Waals surface area contributed by atoms with Gasteiger partial charge < -0.3 is 14.2 Å². The van der Waals surface area contributed by atoms with Crippen LogP contribution in [0.2, 0.25) is 0 Å². The molecule has 0 fully saturated rings. The molecule has 1 aromatic carbocycles. The van der Waals surface area contributed by atoms with Crippen LogP contribution in [-0.4, -0.2) is 27.7 Å². The van der Waals surface area contributed by atoms with Gasteiger partial charge in [0.2, 0.25) is 5.91 Å². The SMILES string of the molecule is CSc1cc(C(=O)Cn2nc(-c3ccco3)oc2=O)ccc1NC(C)=O. The summed E-state index contributed by atoms with van der Waals surface area (Å²) in [6, 6.07) is 8.14. The molecule has 1 N–H and O–H groups in total. The number of rotatable bonds is 6. The van der Waals surface area contributed by atoms with E-state index in [0.29, 0.717) is 17.0 Å². The average molecular weight is 373 g/mol. The Morgan fingerprint density at radius 1 is 1.31 bits per heavy atom. The Kier molecular flexibility index (Phi) is 5.08. The van der Waals surface area contributed by atoms with E-state index in [2.05, 4.69) is 10.4 Å². The molecule has 3 aromatic rings. The minimum Gasteiger partial charge on any atom is -0.459 e. The van der Waals surface area contributed by atoms with Crippen molar-refractivity contribution in [3.05, 3.63) is 52.7 Å². The largest absolute Gasteiger partial charge is 0.459 e. The molecule has 0 radical (unpaired) electrons. The number of nitrogens with zero attached hydrogens (tertiary/aromatic N) is 2. The maximum absolute atomic E-state index is 12.5. The maximum atomic E-state index is 12.5. The highest BCUT2D eigenvalue weighted by atomic mass is 32.2. The molecular formula is C17H15N3O5S. The quantitative estimate of drug-likeness (QED) is 0.523. The first kappa shape index (κ1) is 17.7. The number of thioether (sulfide) groups is 1. The van der Waals surface area contributed by atoms with Crippen LogP contribution in [0.25, 0.3) is 11.7 Å². The maximum Gasteiger partial charge on any atom is 0.437 e. The molecule has 3 rings (SSSR count). The van der Waals surface area contributed by atoms with E-state index >= 15 is 0 Å². The molecule has 0 saturated heterocycles. The van der Waals surface area contributed by atoms with Crippen molar-refractivity contribution in [2.45, 2.75) is 18.4 Å². The van der Waals surface area contributed by atoms with Gasteiger partial charge in [-0.3, -0.25) is 9.59 Å². The van der Waals surface area contributed by atoms with Gasteiger partial charge in [0.25, 0.3) is 5.89 Å². The molecule has 0 aliphatic heterocycles. The van der Waals surface area contributed by atoms with Gasteiger partial charge in [-0.2, -0.15) is 4.68 Å². The third-order valence-corrected chi connectivity index (χ3v) is 4.24. The number of hydrogen-bond acceptors (Lipinski definition) is 7. The summed E-state index contributed by atoms with van der Waals surface area (Å²) >= 11 is 1.40. The molecule has 0 aliphatic carbocycles. The average Bonchev–Trinajstić information content (AvgIpc) is 3.25. The van der Waals surface area contributed by atoms with E-state index in [1.807, 2.05) is 6.26 Å². The summed E-state index contributed by atoms with van der Waals surface area (Å²) in [4.78, 5) is 36.4. The number of ketones is 1. The summed E-state index contributed by atoms with van der Waals surface area (Å²) in [7, 11) is 0. The standard InChI is InChI=1S/C17H15N3O5S/c1-10(21)18-12-6-5-11(8-15(12)26-2)13(22)9-20-17(23)25-16(19-20)14-4-3-7-24-14/h3-8H,9H2,1-2H3,(H,18,21). The Morgan fingerprint density at radius 3 is 2.77 bits per heavy atom. The Morgan fingerprint density at radius 2 is 2.12 bits per heavy atom. The van der Waals surface area contributed by atoms with Crippen molar-refractivity contribution in [1.29, 1.82) is 0 Å². The molecule has 0 atom stereocenters. The highest BCUT2D eigenvalue weighted by Gasteiger charge is 2.17. The lowest BCUT2D eigenvalue weighted by Gasteiger charge is -2.09. The fourth-order valence-electron chi connectivity index (χ4n) is 2.29. The summed E-state index contributed by atoms with van der Waals surface area (Å²) in [5.74, 6) is -0.934. The number of nitrogens with one attached hydrogen (secondary N) is 1. The van der Waals surface area contributed by atoms with E-state index in [4.69, 9.17) is 8.83 Å². The van der Waals surface area contributed by atoms with Gasteiger partial charge in [-0.1, -0.05) is 0 Å². The number of amides is 1. The molecular weight excluding hydrogens is 358 g/mol. The van der Waals surface area contributed by atoms with Crippen molar-refractivity contribution in [1.82, 2.24) is 9.78 Å². The number of furan rings is 1. The Balaban J connectivity index is 1.82. The Bertz CT molecular complexity index is 1000. The minimum atomic E-state index is -0.746. The second kappa shape index (κ2) is 7.44. The van der Waals surface area contributed by atoms with Crippen LogP contribution in [0.5, 0.6) is 0 Å². The highest BCUT2D eigenvalue weighted by Crippen LogP contribution is 2.27. The molecule has 2 aromatic heterocycles. The zero-order valence-corrected chi connectivity index (χ0v) is 14.8. The van der Waals surface area contributed by atoms with Crippen LogP contribution in [0, 0.1) is 0 Å². The van der Waals surface area contributed by atoms with Gasteiger partial charge >= 0.3 is 5.76 Å². The van der Waals surface area contributed by atoms with Crippen LogP contribution in [0.15, 0.2) is 55.1 Å². The number of Topliss-reactive ketones (excluding diaryl/α,β-unsaturated/α-hetero) is 1. The Hall–Kier alpha value is -3.07. The van der Waals surface area contributed by atoms with E-state index in [1.165, 1.54) is 24.9 Å². The zero-order valence-electron chi connectivity index (χ0n) is 14.0. The van der Waals surface area contributed by atoms with Crippen LogP contribution in [0.3, 0.4) is 0 Å². The van der Waals surface area contributed by atoms with Crippen molar-refractivity contribution in [3.63, 3.8) is 0 Å². The lowest BCUT2D eigenvalue weighted by atomic mass is 10.1. The van der Waals surface area contributed by atoms with Crippen LogP contribution < -0.4 is 11.1 Å². The summed E-state index contributed by atoms with van der Waals surface area (Å²) in [5, 5.41) is 6.68. The highest BCUT2D eigenvalue weighted by molar-refractivity contribution is 7.98. The Labute approximate surface area is 152 Å². The molecule has 0 aliphatic rings. The first-order valence-corrected chi connectivity index (χ1v) is 8.81. The fraction of sp³-hybridized carbons (Fsp3) is 0.176. The van der Waals surface area contributed by atoms with Gasteiger partial charge in [-0.15, -0.1) is 16.9 Å². The number of anilines is 1.